The first-order valence-corrected chi connectivity index (χ1v) is 10.1. The van der Waals surface area contributed by atoms with Crippen LogP contribution < -0.4 is 10.6 Å². The summed E-state index contributed by atoms with van der Waals surface area (Å²) in [5.41, 5.74) is 0.195. The molecule has 0 fully saturated rings. The van der Waals surface area contributed by atoms with Gasteiger partial charge in [0.25, 0.3) is 0 Å². The minimum atomic E-state index is -1.82. The molecule has 0 aliphatic carbocycles. The lowest BCUT2D eigenvalue weighted by Gasteiger charge is -2.17. The number of para-hydroxylation sites is 2. The molecule has 0 aliphatic heterocycles. The number of nitrogens with zero attached hydrogens (tertiary/aromatic N) is 1. The summed E-state index contributed by atoms with van der Waals surface area (Å²) < 4.78 is 27.1. The third-order valence-electron chi connectivity index (χ3n) is 3.62. The lowest BCUT2D eigenvalue weighted by Crippen LogP contribution is -2.36. The van der Waals surface area contributed by atoms with Crippen molar-refractivity contribution < 1.29 is 38.2 Å². The molecule has 0 saturated heterocycles. The van der Waals surface area contributed by atoms with Crippen molar-refractivity contribution in [1.29, 1.82) is 0 Å². The molecule has 0 spiro atoms. The minimum absolute atomic E-state index is 0.0457. The van der Waals surface area contributed by atoms with E-state index >= 15 is 0 Å². The van der Waals surface area contributed by atoms with Crippen LogP contribution in [-0.4, -0.2) is 65.3 Å². The third-order valence-corrected chi connectivity index (χ3v) is 4.41. The van der Waals surface area contributed by atoms with Crippen molar-refractivity contribution >= 4 is 46.9 Å². The Morgan fingerprint density at radius 1 is 0.875 bits per heavy atom. The number of benzene rings is 2. The van der Waals surface area contributed by atoms with Crippen molar-refractivity contribution in [3.8, 4) is 0 Å². The number of carbonyl (C=O) groups is 4. The predicted octanol–water partition coefficient (Wildman–Crippen LogP) is 2.35. The number of carboxylic acids is 2. The van der Waals surface area contributed by atoms with E-state index in [0.29, 0.717) is 5.69 Å². The van der Waals surface area contributed by atoms with Crippen molar-refractivity contribution in [2.24, 2.45) is 0 Å². The molecule has 4 N–H and O–H groups in total. The first-order chi connectivity index (χ1) is 15.0. The lowest BCUT2D eigenvalue weighted by atomic mass is 10.3. The molecule has 2 aromatic rings. The van der Waals surface area contributed by atoms with Crippen molar-refractivity contribution in [2.45, 2.75) is 4.90 Å². The molecule has 2 amide bonds. The second-order valence-corrected chi connectivity index (χ2v) is 7.02. The summed E-state index contributed by atoms with van der Waals surface area (Å²) in [6.45, 7) is -0.235. The molecule has 172 valence electrons. The summed E-state index contributed by atoms with van der Waals surface area (Å²) in [6.07, 6.45) is 1.91. The van der Waals surface area contributed by atoms with E-state index < -0.39 is 35.2 Å². The number of rotatable bonds is 7. The normalized spacial score (nSPS) is 10.0. The molecule has 0 heterocycles. The second-order valence-electron chi connectivity index (χ2n) is 6.18. The van der Waals surface area contributed by atoms with E-state index in [1.807, 2.05) is 24.5 Å². The average Bonchev–Trinajstić information content (AvgIpc) is 2.71. The molecule has 2 aromatic carbocycles. The lowest BCUT2D eigenvalue weighted by molar-refractivity contribution is -0.159. The van der Waals surface area contributed by atoms with Gasteiger partial charge in [0.15, 0.2) is 0 Å². The van der Waals surface area contributed by atoms with Crippen molar-refractivity contribution in [3.05, 3.63) is 54.1 Å². The Balaban J connectivity index is 0.000000751. The van der Waals surface area contributed by atoms with E-state index in [0.717, 1.165) is 17.0 Å². The molecule has 32 heavy (non-hydrogen) atoms. The molecule has 9 nitrogen and oxygen atoms in total. The molecule has 0 aromatic heterocycles. The van der Waals surface area contributed by atoms with Gasteiger partial charge in [-0.05, 0) is 37.6 Å². The molecule has 0 atom stereocenters. The molecule has 0 aliphatic rings. The Bertz CT molecular complexity index is 957. The van der Waals surface area contributed by atoms with E-state index in [4.69, 9.17) is 19.8 Å². The van der Waals surface area contributed by atoms with E-state index in [-0.39, 0.29) is 19.0 Å². The van der Waals surface area contributed by atoms with E-state index in [2.05, 4.69) is 10.6 Å². The quantitative estimate of drug-likeness (QED) is 0.358. The van der Waals surface area contributed by atoms with Crippen molar-refractivity contribution in [2.75, 3.05) is 37.0 Å². The highest BCUT2D eigenvalue weighted by Crippen LogP contribution is 2.24. The molecule has 0 saturated carbocycles. The van der Waals surface area contributed by atoms with Gasteiger partial charge in [-0.1, -0.05) is 18.2 Å². The average molecular weight is 469 g/mol. The number of anilines is 2. The monoisotopic (exact) mass is 469 g/mol. The van der Waals surface area contributed by atoms with Crippen LogP contribution in [0.15, 0.2) is 47.4 Å². The van der Waals surface area contributed by atoms with Gasteiger partial charge in [-0.2, -0.15) is 0 Å². The van der Waals surface area contributed by atoms with Gasteiger partial charge in [-0.25, -0.2) is 18.4 Å². The van der Waals surface area contributed by atoms with Crippen LogP contribution in [0, 0.1) is 11.6 Å². The number of thioether (sulfide) groups is 1. The number of carbonyl (C=O) groups excluding carboxylic acids is 2. The van der Waals surface area contributed by atoms with Crippen LogP contribution in [0.25, 0.3) is 0 Å². The molecule has 0 radical (unpaired) electrons. The molecule has 0 unspecified atom stereocenters. The fraction of sp³-hybridized carbons (Fsp3) is 0.200. The predicted molar refractivity (Wildman–Crippen MR) is 115 cm³/mol. The zero-order valence-electron chi connectivity index (χ0n) is 17.1. The maximum atomic E-state index is 13.5. The van der Waals surface area contributed by atoms with E-state index in [1.165, 1.54) is 22.7 Å². The number of carboxylic acid groups (broad SMARTS) is 2. The van der Waals surface area contributed by atoms with Crippen LogP contribution in [0.4, 0.5) is 20.2 Å². The molecule has 12 heteroatoms. The number of amides is 2. The smallest absolute Gasteiger partial charge is 0.414 e. The van der Waals surface area contributed by atoms with Gasteiger partial charge in [-0.15, -0.1) is 11.8 Å². The fourth-order valence-electron chi connectivity index (χ4n) is 2.28. The van der Waals surface area contributed by atoms with Crippen molar-refractivity contribution in [3.63, 3.8) is 0 Å². The van der Waals surface area contributed by atoms with Crippen LogP contribution in [0.2, 0.25) is 0 Å². The summed E-state index contributed by atoms with van der Waals surface area (Å²) >= 11 is 1.51. The van der Waals surface area contributed by atoms with E-state index in [9.17, 15) is 18.4 Å². The van der Waals surface area contributed by atoms with E-state index in [1.54, 1.807) is 13.1 Å². The zero-order chi connectivity index (χ0) is 24.3. The highest BCUT2D eigenvalue weighted by Gasteiger charge is 2.15. The Morgan fingerprint density at radius 3 is 1.88 bits per heavy atom. The van der Waals surface area contributed by atoms with Gasteiger partial charge in [0.05, 0.1) is 18.8 Å². The van der Waals surface area contributed by atoms with Crippen LogP contribution in [0.5, 0.6) is 0 Å². The summed E-state index contributed by atoms with van der Waals surface area (Å²) in [4.78, 5) is 44.6. The van der Waals surface area contributed by atoms with Crippen LogP contribution in [0.1, 0.15) is 0 Å². The van der Waals surface area contributed by atoms with Gasteiger partial charge < -0.3 is 20.8 Å². The molecule has 2 rings (SSSR count). The minimum Gasteiger partial charge on any atom is -0.473 e. The van der Waals surface area contributed by atoms with Gasteiger partial charge in [0.1, 0.15) is 17.3 Å². The van der Waals surface area contributed by atoms with Gasteiger partial charge in [-0.3, -0.25) is 14.5 Å². The highest BCUT2D eigenvalue weighted by molar-refractivity contribution is 7.98. The van der Waals surface area contributed by atoms with Gasteiger partial charge >= 0.3 is 11.9 Å². The number of halogens is 2. The number of likely N-dealkylation sites (N-methyl/N-ethyl adjacent to an activating group) is 1. The van der Waals surface area contributed by atoms with Gasteiger partial charge in [0, 0.05) is 4.90 Å². The largest absolute Gasteiger partial charge is 0.473 e. The van der Waals surface area contributed by atoms with Crippen molar-refractivity contribution in [1.82, 2.24) is 4.90 Å². The third kappa shape index (κ3) is 9.10. The summed E-state index contributed by atoms with van der Waals surface area (Å²) in [5, 5.41) is 19.7. The Morgan fingerprint density at radius 2 is 1.38 bits per heavy atom. The van der Waals surface area contributed by atoms with Crippen LogP contribution >= 0.6 is 11.8 Å². The molecular weight excluding hydrogens is 448 g/mol. The SMILES string of the molecule is CSc1ccccc1NC(=O)CN(C)CC(=O)Nc1c(F)cccc1F.O=C(O)C(=O)O. The number of hydrogen-bond donors (Lipinski definition) is 4. The molecular formula is C20H21F2N3O6S. The topological polar surface area (TPSA) is 136 Å². The summed E-state index contributed by atoms with van der Waals surface area (Å²) in [5.74, 6) is -6.27. The maximum Gasteiger partial charge on any atom is 0.414 e. The first kappa shape index (κ1) is 26.5. The molecule has 0 bridgehead atoms. The van der Waals surface area contributed by atoms with Gasteiger partial charge in [0.2, 0.25) is 11.8 Å². The van der Waals surface area contributed by atoms with Crippen LogP contribution in [-0.2, 0) is 19.2 Å². The standard InChI is InChI=1S/C18H19F2N3O2S.C2H2O4/c1-23(10-16(24)21-14-8-3-4-9-15(14)26-2)11-17(25)22-18-12(19)6-5-7-13(18)20;3-1(4)2(5)6/h3-9H,10-11H2,1-2H3,(H,21,24)(H,22,25);(H,3,4)(H,5,6). The summed E-state index contributed by atoms with van der Waals surface area (Å²) in [7, 11) is 1.57. The van der Waals surface area contributed by atoms with Crippen LogP contribution in [0.3, 0.4) is 0 Å². The Hall–Kier alpha value is -3.51. The highest BCUT2D eigenvalue weighted by atomic mass is 32.2. The number of aliphatic carboxylic acids is 2. The zero-order valence-corrected chi connectivity index (χ0v) is 17.9. The first-order valence-electron chi connectivity index (χ1n) is 8.86. The Labute approximate surface area is 186 Å². The summed E-state index contributed by atoms with van der Waals surface area (Å²) in [6, 6.07) is 10.7. The number of hydrogen-bond acceptors (Lipinski definition) is 6. The number of nitrogens with one attached hydrogen (secondary N) is 2. The second kappa shape index (κ2) is 13.0. The fourth-order valence-corrected chi connectivity index (χ4v) is 2.83. The maximum absolute atomic E-state index is 13.5. The Kier molecular flexibility index (Phi) is 10.8.